The molecule has 1 aliphatic carbocycles. The smallest absolute Gasteiger partial charge is 0.399 e. The lowest BCUT2D eigenvalue weighted by Crippen LogP contribution is -2.41. The minimum Gasteiger partial charge on any atom is -0.399 e. The summed E-state index contributed by atoms with van der Waals surface area (Å²) in [4.78, 5) is 0. The molecule has 0 bridgehead atoms. The zero-order chi connectivity index (χ0) is 43.7. The monoisotopic (exact) mass is 835 g/mol. The Balaban J connectivity index is 1.23. The molecule has 65 heavy (non-hydrogen) atoms. The van der Waals surface area contributed by atoms with Gasteiger partial charge in [-0.1, -0.05) is 176 Å². The van der Waals surface area contributed by atoms with E-state index in [1.54, 1.807) is 0 Å². The number of hydrogen-bond donors (Lipinski definition) is 0. The molecule has 0 spiro atoms. The lowest BCUT2D eigenvalue weighted by atomic mass is 9.66. The zero-order valence-corrected chi connectivity index (χ0v) is 37.0. The number of para-hydroxylation sites is 2. The van der Waals surface area contributed by atoms with Crippen LogP contribution in [0.5, 0.6) is 0 Å². The number of nitrogens with zero attached hydrogens (tertiary/aromatic N) is 1. The highest BCUT2D eigenvalue weighted by atomic mass is 16.7. The molecule has 10 aromatic rings. The van der Waals surface area contributed by atoms with Crippen LogP contribution in [0.3, 0.4) is 0 Å². The summed E-state index contributed by atoms with van der Waals surface area (Å²) in [7, 11) is -0.553. The molecule has 9 aromatic carbocycles. The summed E-state index contributed by atoms with van der Waals surface area (Å²) in [5.74, 6) is 0. The standard InChI is InChI=1S/C61H46BNO2/c1-59(2)60(3,4)65-62(64-59)52-33-14-11-28-45(52)49-38-51-57-56-47(46-29-12-15-34-53(46)63-54-35-16-13-30-48(54)55(49)58(57)63)31-19-32-50(56)61(51,43-26-17-24-41(36-43)39-20-7-5-8-21-39)44-27-18-25-42(37-44)40-22-9-6-10-23-40/h5-38H,1-4H3. The fourth-order valence-electron chi connectivity index (χ4n) is 11.4. The van der Waals surface area contributed by atoms with E-state index in [1.807, 2.05) is 0 Å². The summed E-state index contributed by atoms with van der Waals surface area (Å²) in [6, 6.07) is 76.6. The zero-order valence-electron chi connectivity index (χ0n) is 37.0. The van der Waals surface area contributed by atoms with Crippen LogP contribution in [-0.2, 0) is 14.7 Å². The van der Waals surface area contributed by atoms with Crippen molar-refractivity contribution in [3.8, 4) is 61.3 Å². The van der Waals surface area contributed by atoms with Crippen molar-refractivity contribution in [1.82, 2.24) is 4.57 Å². The molecule has 1 aromatic heterocycles. The number of rotatable bonds is 6. The average Bonchev–Trinajstić information content (AvgIpc) is 3.89. The molecule has 2 aliphatic heterocycles. The number of fused-ring (bicyclic) bond motifs is 6. The third-order valence-corrected chi connectivity index (χ3v) is 15.1. The molecule has 3 nitrogen and oxygen atoms in total. The van der Waals surface area contributed by atoms with Gasteiger partial charge >= 0.3 is 7.12 Å². The van der Waals surface area contributed by atoms with E-state index >= 15 is 0 Å². The lowest BCUT2D eigenvalue weighted by Gasteiger charge is -2.35. The molecule has 1 saturated heterocycles. The molecule has 4 heteroatoms. The predicted molar refractivity (Wildman–Crippen MR) is 269 cm³/mol. The van der Waals surface area contributed by atoms with Crippen molar-refractivity contribution in [2.45, 2.75) is 44.3 Å². The quantitative estimate of drug-likeness (QED) is 0.156. The van der Waals surface area contributed by atoms with E-state index in [9.17, 15) is 0 Å². The molecule has 0 amide bonds. The van der Waals surface area contributed by atoms with Crippen molar-refractivity contribution < 1.29 is 9.31 Å². The molecule has 0 unspecified atom stereocenters. The second-order valence-corrected chi connectivity index (χ2v) is 19.0. The highest BCUT2D eigenvalue weighted by molar-refractivity contribution is 6.64. The molecule has 3 aliphatic rings. The van der Waals surface area contributed by atoms with Gasteiger partial charge in [0, 0.05) is 21.9 Å². The number of hydrogen-bond acceptors (Lipinski definition) is 2. The Morgan fingerprint density at radius 2 is 0.954 bits per heavy atom. The molecular formula is C61H46BNO2. The number of aromatic nitrogens is 1. The fraction of sp³-hybridized carbons (Fsp3) is 0.115. The SMILES string of the molecule is CC1(C)OB(c2ccccc2-c2cc3c4c5c2c2ccccc2n5-c2ccccc2-c2cccc(c2-4)C3(c2cccc(-c3ccccc3)c2)c2cccc(-c3ccccc3)c2)OC1(C)C. The maximum atomic E-state index is 6.90. The van der Waals surface area contributed by atoms with E-state index in [4.69, 9.17) is 9.31 Å². The largest absolute Gasteiger partial charge is 0.495 e. The van der Waals surface area contributed by atoms with Gasteiger partial charge in [-0.05, 0) is 130 Å². The third kappa shape index (κ3) is 5.33. The van der Waals surface area contributed by atoms with Crippen LogP contribution in [0.1, 0.15) is 49.9 Å². The van der Waals surface area contributed by atoms with E-state index in [-0.39, 0.29) is 0 Å². The summed E-state index contributed by atoms with van der Waals surface area (Å²) in [5, 5.41) is 2.45. The van der Waals surface area contributed by atoms with Crippen LogP contribution in [0, 0.1) is 0 Å². The van der Waals surface area contributed by atoms with Gasteiger partial charge in [-0.15, -0.1) is 0 Å². The van der Waals surface area contributed by atoms with Crippen LogP contribution in [-0.4, -0.2) is 22.9 Å². The van der Waals surface area contributed by atoms with Gasteiger partial charge in [0.15, 0.2) is 0 Å². The van der Waals surface area contributed by atoms with Crippen LogP contribution < -0.4 is 5.46 Å². The molecule has 0 N–H and O–H groups in total. The molecule has 0 saturated carbocycles. The third-order valence-electron chi connectivity index (χ3n) is 15.1. The van der Waals surface area contributed by atoms with Crippen molar-refractivity contribution >= 4 is 34.4 Å². The molecule has 1 fully saturated rings. The van der Waals surface area contributed by atoms with Gasteiger partial charge in [0.25, 0.3) is 0 Å². The molecule has 310 valence electrons. The van der Waals surface area contributed by atoms with Crippen LogP contribution in [0.25, 0.3) is 83.1 Å². The van der Waals surface area contributed by atoms with Gasteiger partial charge < -0.3 is 13.9 Å². The summed E-state index contributed by atoms with van der Waals surface area (Å²) < 4.78 is 16.4. The van der Waals surface area contributed by atoms with Gasteiger partial charge in [-0.25, -0.2) is 0 Å². The Morgan fingerprint density at radius 3 is 1.63 bits per heavy atom. The first-order chi connectivity index (χ1) is 31.7. The maximum Gasteiger partial charge on any atom is 0.495 e. The van der Waals surface area contributed by atoms with Gasteiger partial charge in [0.05, 0.1) is 33.3 Å². The summed E-state index contributed by atoms with van der Waals surface area (Å²) in [5.41, 5.74) is 19.9. The summed E-state index contributed by atoms with van der Waals surface area (Å²) in [6.45, 7) is 8.56. The van der Waals surface area contributed by atoms with E-state index in [2.05, 4.69) is 239 Å². The number of benzene rings is 9. The first kappa shape index (κ1) is 38.2. The van der Waals surface area contributed by atoms with Crippen molar-refractivity contribution in [3.05, 3.63) is 229 Å². The Hall–Kier alpha value is -7.24. The Bertz CT molecular complexity index is 3470. The second kappa shape index (κ2) is 13.9. The van der Waals surface area contributed by atoms with Crippen LogP contribution in [0.15, 0.2) is 206 Å². The summed E-state index contributed by atoms with van der Waals surface area (Å²) in [6.07, 6.45) is 0. The first-order valence-corrected chi connectivity index (χ1v) is 22.9. The minimum absolute atomic E-state index is 0.503. The van der Waals surface area contributed by atoms with Gasteiger partial charge in [0.2, 0.25) is 0 Å². The first-order valence-electron chi connectivity index (χ1n) is 22.9. The maximum absolute atomic E-state index is 6.90. The molecule has 3 heterocycles. The van der Waals surface area contributed by atoms with Gasteiger partial charge in [-0.3, -0.25) is 0 Å². The van der Waals surface area contributed by atoms with Crippen molar-refractivity contribution in [2.75, 3.05) is 0 Å². The highest BCUT2D eigenvalue weighted by Gasteiger charge is 2.53. The van der Waals surface area contributed by atoms with Crippen LogP contribution >= 0.6 is 0 Å². The van der Waals surface area contributed by atoms with Gasteiger partial charge in [0.1, 0.15) is 0 Å². The molecule has 0 atom stereocenters. The Kier molecular flexibility index (Phi) is 8.17. The normalized spacial score (nSPS) is 15.9. The van der Waals surface area contributed by atoms with Crippen LogP contribution in [0.4, 0.5) is 0 Å². The highest BCUT2D eigenvalue weighted by Crippen LogP contribution is 2.64. The average molecular weight is 836 g/mol. The van der Waals surface area contributed by atoms with E-state index in [1.165, 1.54) is 94.3 Å². The van der Waals surface area contributed by atoms with Crippen LogP contribution in [0.2, 0.25) is 0 Å². The second-order valence-electron chi connectivity index (χ2n) is 19.0. The van der Waals surface area contributed by atoms with Crippen molar-refractivity contribution in [1.29, 1.82) is 0 Å². The lowest BCUT2D eigenvalue weighted by molar-refractivity contribution is 0.00578. The summed E-state index contributed by atoms with van der Waals surface area (Å²) >= 11 is 0. The minimum atomic E-state index is -0.730. The predicted octanol–water partition coefficient (Wildman–Crippen LogP) is 14.4. The van der Waals surface area contributed by atoms with E-state index in [0.717, 1.165) is 16.6 Å². The fourth-order valence-corrected chi connectivity index (χ4v) is 11.4. The molecule has 13 rings (SSSR count). The molecular weight excluding hydrogens is 789 g/mol. The topological polar surface area (TPSA) is 23.4 Å². The van der Waals surface area contributed by atoms with Gasteiger partial charge in [-0.2, -0.15) is 0 Å². The Labute approximate surface area is 380 Å². The van der Waals surface area contributed by atoms with Crippen molar-refractivity contribution in [3.63, 3.8) is 0 Å². The van der Waals surface area contributed by atoms with E-state index in [0.29, 0.717) is 0 Å². The Morgan fingerprint density at radius 1 is 0.415 bits per heavy atom. The van der Waals surface area contributed by atoms with E-state index < -0.39 is 23.7 Å². The molecule has 0 radical (unpaired) electrons. The van der Waals surface area contributed by atoms with Crippen molar-refractivity contribution in [2.24, 2.45) is 0 Å².